The SMILES string of the molecule is CC(C)(C)OC(=O)NNC(=O)CC1Sc2ccc(C(F)(F)F)cc2NC1=O. The third-order valence-electron chi connectivity index (χ3n) is 3.20. The van der Waals surface area contributed by atoms with Crippen LogP contribution >= 0.6 is 11.8 Å². The molecular formula is C16H18F3N3O4S. The van der Waals surface area contributed by atoms with Gasteiger partial charge in [-0.2, -0.15) is 13.2 Å². The van der Waals surface area contributed by atoms with Crippen LogP contribution in [0.4, 0.5) is 23.7 Å². The molecule has 0 aromatic heterocycles. The molecule has 0 saturated carbocycles. The normalized spacial score (nSPS) is 16.8. The molecule has 11 heteroatoms. The van der Waals surface area contributed by atoms with Crippen molar-refractivity contribution in [1.29, 1.82) is 0 Å². The first kappa shape index (κ1) is 20.9. The summed E-state index contributed by atoms with van der Waals surface area (Å²) in [6.07, 6.45) is -5.66. The molecule has 1 aromatic carbocycles. The number of carbonyl (C=O) groups excluding carboxylic acids is 3. The molecule has 0 bridgehead atoms. The van der Waals surface area contributed by atoms with E-state index in [0.29, 0.717) is 4.90 Å². The summed E-state index contributed by atoms with van der Waals surface area (Å²) >= 11 is 0.973. The van der Waals surface area contributed by atoms with Crippen LogP contribution < -0.4 is 16.2 Å². The lowest BCUT2D eigenvalue weighted by Crippen LogP contribution is -2.46. The van der Waals surface area contributed by atoms with Crippen LogP contribution in [0.3, 0.4) is 0 Å². The van der Waals surface area contributed by atoms with Crippen LogP contribution in [-0.2, 0) is 20.5 Å². The van der Waals surface area contributed by atoms with Crippen molar-refractivity contribution in [3.8, 4) is 0 Å². The number of anilines is 1. The Hall–Kier alpha value is -2.43. The maximum Gasteiger partial charge on any atom is 0.426 e. The summed E-state index contributed by atoms with van der Waals surface area (Å²) < 4.78 is 43.2. The maximum atomic E-state index is 12.7. The zero-order valence-electron chi connectivity index (χ0n) is 14.7. The molecule has 2 rings (SSSR count). The van der Waals surface area contributed by atoms with Gasteiger partial charge < -0.3 is 10.1 Å². The highest BCUT2D eigenvalue weighted by molar-refractivity contribution is 8.01. The van der Waals surface area contributed by atoms with E-state index >= 15 is 0 Å². The Kier molecular flexibility index (Phi) is 5.93. The largest absolute Gasteiger partial charge is 0.443 e. The summed E-state index contributed by atoms with van der Waals surface area (Å²) in [4.78, 5) is 35.9. The molecule has 1 unspecified atom stereocenters. The number of benzene rings is 1. The number of carbonyl (C=O) groups is 3. The number of hydrogen-bond acceptors (Lipinski definition) is 5. The molecule has 0 fully saturated rings. The predicted octanol–water partition coefficient (Wildman–Crippen LogP) is 3.06. The van der Waals surface area contributed by atoms with Crippen molar-refractivity contribution in [1.82, 2.24) is 10.9 Å². The van der Waals surface area contributed by atoms with Crippen molar-refractivity contribution >= 4 is 35.4 Å². The second-order valence-corrected chi connectivity index (χ2v) is 7.93. The highest BCUT2D eigenvalue weighted by Gasteiger charge is 2.34. The number of hydrogen-bond donors (Lipinski definition) is 3. The van der Waals surface area contributed by atoms with E-state index in [-0.39, 0.29) is 12.1 Å². The van der Waals surface area contributed by atoms with Gasteiger partial charge in [-0.3, -0.25) is 15.0 Å². The zero-order chi connectivity index (χ0) is 20.4. The third-order valence-corrected chi connectivity index (χ3v) is 4.48. The van der Waals surface area contributed by atoms with Crippen molar-refractivity contribution in [3.63, 3.8) is 0 Å². The molecule has 27 heavy (non-hydrogen) atoms. The second-order valence-electron chi connectivity index (χ2n) is 6.68. The zero-order valence-corrected chi connectivity index (χ0v) is 15.5. The Morgan fingerprint density at radius 1 is 1.22 bits per heavy atom. The highest BCUT2D eigenvalue weighted by atomic mass is 32.2. The molecular weight excluding hydrogens is 387 g/mol. The van der Waals surface area contributed by atoms with Gasteiger partial charge in [-0.1, -0.05) is 0 Å². The number of amides is 3. The van der Waals surface area contributed by atoms with Crippen molar-refractivity contribution in [2.24, 2.45) is 0 Å². The minimum atomic E-state index is -4.52. The molecule has 1 heterocycles. The summed E-state index contributed by atoms with van der Waals surface area (Å²) in [5, 5.41) is 1.52. The van der Waals surface area contributed by atoms with Gasteiger partial charge in [-0.15, -0.1) is 11.8 Å². The Morgan fingerprint density at radius 2 is 1.89 bits per heavy atom. The van der Waals surface area contributed by atoms with Crippen LogP contribution in [0.1, 0.15) is 32.8 Å². The summed E-state index contributed by atoms with van der Waals surface area (Å²) in [6.45, 7) is 4.96. The molecule has 0 aliphatic carbocycles. The Balaban J connectivity index is 1.94. The van der Waals surface area contributed by atoms with Gasteiger partial charge >= 0.3 is 12.3 Å². The summed E-state index contributed by atoms with van der Waals surface area (Å²) in [6, 6.07) is 3.00. The van der Waals surface area contributed by atoms with E-state index < -0.39 is 40.5 Å². The fourth-order valence-corrected chi connectivity index (χ4v) is 3.20. The number of nitrogens with one attached hydrogen (secondary N) is 3. The molecule has 7 nitrogen and oxygen atoms in total. The minimum absolute atomic E-state index is 0.0448. The van der Waals surface area contributed by atoms with Crippen LogP contribution in [-0.4, -0.2) is 28.8 Å². The number of halogens is 3. The number of hydrazine groups is 1. The average molecular weight is 405 g/mol. The van der Waals surface area contributed by atoms with Gasteiger partial charge in [0.2, 0.25) is 11.8 Å². The van der Waals surface area contributed by atoms with Crippen LogP contribution in [0.15, 0.2) is 23.1 Å². The van der Waals surface area contributed by atoms with E-state index in [1.807, 2.05) is 0 Å². The number of ether oxygens (including phenoxy) is 1. The molecule has 0 saturated heterocycles. The minimum Gasteiger partial charge on any atom is -0.443 e. The molecule has 1 atom stereocenters. The lowest BCUT2D eigenvalue weighted by atomic mass is 10.1. The molecule has 0 radical (unpaired) electrons. The number of alkyl halides is 3. The topological polar surface area (TPSA) is 96.5 Å². The van der Waals surface area contributed by atoms with Crippen molar-refractivity contribution in [2.45, 2.75) is 49.1 Å². The van der Waals surface area contributed by atoms with E-state index in [9.17, 15) is 27.6 Å². The Morgan fingerprint density at radius 3 is 2.48 bits per heavy atom. The maximum absolute atomic E-state index is 12.7. The third kappa shape index (κ3) is 6.05. The predicted molar refractivity (Wildman–Crippen MR) is 91.8 cm³/mol. The Labute approximate surface area is 157 Å². The second kappa shape index (κ2) is 7.67. The monoisotopic (exact) mass is 405 g/mol. The number of fused-ring (bicyclic) bond motifs is 1. The number of thioether (sulfide) groups is 1. The first-order chi connectivity index (χ1) is 12.3. The van der Waals surface area contributed by atoms with Gasteiger partial charge in [-0.25, -0.2) is 10.2 Å². The smallest absolute Gasteiger partial charge is 0.426 e. The molecule has 1 aromatic rings. The van der Waals surface area contributed by atoms with Gasteiger partial charge in [0.1, 0.15) is 5.60 Å². The molecule has 0 spiro atoms. The summed E-state index contributed by atoms with van der Waals surface area (Å²) in [5.41, 5.74) is 2.61. The average Bonchev–Trinajstić information content (AvgIpc) is 2.50. The quantitative estimate of drug-likeness (QED) is 0.657. The molecule has 3 amide bonds. The standard InChI is InChI=1S/C16H18F3N3O4S/c1-15(2,3)26-14(25)22-21-12(23)7-11-13(24)20-9-6-8(16(17,18)19)4-5-10(9)27-11/h4-6,11H,7H2,1-3H3,(H,20,24)(H,21,23)(H,22,25). The number of rotatable bonds is 2. The van der Waals surface area contributed by atoms with Crippen LogP contribution in [0.2, 0.25) is 0 Å². The van der Waals surface area contributed by atoms with E-state index in [1.165, 1.54) is 6.07 Å². The van der Waals surface area contributed by atoms with Crippen LogP contribution in [0.5, 0.6) is 0 Å². The van der Waals surface area contributed by atoms with Crippen molar-refractivity contribution < 1.29 is 32.3 Å². The molecule has 3 N–H and O–H groups in total. The first-order valence-electron chi connectivity index (χ1n) is 7.82. The Bertz CT molecular complexity index is 762. The lowest BCUT2D eigenvalue weighted by Gasteiger charge is -2.24. The van der Waals surface area contributed by atoms with Gasteiger partial charge in [-0.05, 0) is 39.0 Å². The van der Waals surface area contributed by atoms with E-state index in [1.54, 1.807) is 20.8 Å². The van der Waals surface area contributed by atoms with Gasteiger partial charge in [0.15, 0.2) is 0 Å². The summed E-state index contributed by atoms with van der Waals surface area (Å²) in [5.74, 6) is -1.25. The van der Waals surface area contributed by atoms with Crippen LogP contribution in [0.25, 0.3) is 0 Å². The van der Waals surface area contributed by atoms with E-state index in [4.69, 9.17) is 4.74 Å². The van der Waals surface area contributed by atoms with Crippen molar-refractivity contribution in [3.05, 3.63) is 23.8 Å². The fourth-order valence-electron chi connectivity index (χ4n) is 2.10. The summed E-state index contributed by atoms with van der Waals surface area (Å²) in [7, 11) is 0. The van der Waals surface area contributed by atoms with Crippen molar-refractivity contribution in [2.75, 3.05) is 5.32 Å². The molecule has 148 valence electrons. The van der Waals surface area contributed by atoms with E-state index in [0.717, 1.165) is 23.9 Å². The van der Waals surface area contributed by atoms with E-state index in [2.05, 4.69) is 16.2 Å². The fraction of sp³-hybridized carbons (Fsp3) is 0.438. The van der Waals surface area contributed by atoms with Gasteiger partial charge in [0.25, 0.3) is 0 Å². The van der Waals surface area contributed by atoms with Crippen LogP contribution in [0, 0.1) is 0 Å². The van der Waals surface area contributed by atoms with Gasteiger partial charge in [0, 0.05) is 11.3 Å². The highest BCUT2D eigenvalue weighted by Crippen LogP contribution is 2.40. The van der Waals surface area contributed by atoms with Gasteiger partial charge in [0.05, 0.1) is 16.5 Å². The lowest BCUT2D eigenvalue weighted by molar-refractivity contribution is -0.137. The molecule has 1 aliphatic rings. The molecule has 1 aliphatic heterocycles. The first-order valence-corrected chi connectivity index (χ1v) is 8.70.